The Morgan fingerprint density at radius 1 is 0.972 bits per heavy atom. The number of aliphatic carboxylic acids is 1. The Morgan fingerprint density at radius 3 is 2.33 bits per heavy atom. The van der Waals surface area contributed by atoms with E-state index in [4.69, 9.17) is 10.8 Å². The summed E-state index contributed by atoms with van der Waals surface area (Å²) in [5.41, 5.74) is 6.39. The maximum Gasteiger partial charge on any atom is 0.305 e. The Balaban J connectivity index is 2.19. The first-order valence-electron chi connectivity index (χ1n) is 11.4. The number of fused-ring (bicyclic) bond motifs is 1. The highest BCUT2D eigenvalue weighted by molar-refractivity contribution is 6.07. The van der Waals surface area contributed by atoms with E-state index in [0.29, 0.717) is 29.9 Å². The van der Waals surface area contributed by atoms with Crippen LogP contribution in [0.3, 0.4) is 0 Å². The minimum Gasteiger partial charge on any atom is -0.481 e. The fourth-order valence-corrected chi connectivity index (χ4v) is 3.50. The largest absolute Gasteiger partial charge is 0.481 e. The molecule has 0 radical (unpaired) electrons. The number of aromatic nitrogens is 1. The predicted molar refractivity (Wildman–Crippen MR) is 129 cm³/mol. The third-order valence-corrected chi connectivity index (χ3v) is 5.31. The van der Waals surface area contributed by atoms with E-state index in [1.54, 1.807) is 24.3 Å². The number of aldehydes is 2. The van der Waals surface area contributed by atoms with E-state index in [1.165, 1.54) is 12.3 Å². The van der Waals surface area contributed by atoms with Gasteiger partial charge in [0.15, 0.2) is 0 Å². The van der Waals surface area contributed by atoms with Crippen LogP contribution in [0, 0.1) is 0 Å². The van der Waals surface area contributed by atoms with Gasteiger partial charge in [-0.15, -0.1) is 0 Å². The van der Waals surface area contributed by atoms with Gasteiger partial charge in [-0.1, -0.05) is 18.2 Å². The van der Waals surface area contributed by atoms with Gasteiger partial charge in [0.25, 0.3) is 5.91 Å². The fraction of sp³-hybridized carbons (Fsp3) is 0.375. The Morgan fingerprint density at radius 2 is 1.67 bits per heavy atom. The molecule has 2 aromatic rings. The van der Waals surface area contributed by atoms with Crippen LogP contribution in [0.4, 0.5) is 0 Å². The number of carbonyl (C=O) groups excluding carboxylic acids is 5. The molecule has 1 aromatic heterocycles. The lowest BCUT2D eigenvalue weighted by molar-refractivity contribution is -0.139. The van der Waals surface area contributed by atoms with Crippen LogP contribution >= 0.6 is 0 Å². The minimum absolute atomic E-state index is 0.0225. The zero-order chi connectivity index (χ0) is 26.5. The summed E-state index contributed by atoms with van der Waals surface area (Å²) in [6, 6.07) is 4.90. The van der Waals surface area contributed by atoms with Crippen LogP contribution < -0.4 is 21.7 Å². The molecule has 192 valence electrons. The monoisotopic (exact) mass is 499 g/mol. The third-order valence-electron chi connectivity index (χ3n) is 5.31. The van der Waals surface area contributed by atoms with Crippen LogP contribution in [0.5, 0.6) is 0 Å². The van der Waals surface area contributed by atoms with Gasteiger partial charge in [-0.2, -0.15) is 0 Å². The molecule has 0 bridgehead atoms. The molecule has 3 atom stereocenters. The number of hydrogen-bond acceptors (Lipinski definition) is 8. The number of nitrogens with two attached hydrogens (primary N) is 1. The molecule has 12 heteroatoms. The lowest BCUT2D eigenvalue weighted by atomic mass is 10.1. The molecule has 0 saturated carbocycles. The van der Waals surface area contributed by atoms with Crippen molar-refractivity contribution in [2.24, 2.45) is 5.73 Å². The Hall–Kier alpha value is -4.19. The summed E-state index contributed by atoms with van der Waals surface area (Å²) in [6.45, 7) is 0.215. The molecule has 1 unspecified atom stereocenters. The van der Waals surface area contributed by atoms with Gasteiger partial charge in [-0.3, -0.25) is 24.2 Å². The molecule has 2 rings (SSSR count). The quantitative estimate of drug-likeness (QED) is 0.204. The van der Waals surface area contributed by atoms with Crippen molar-refractivity contribution in [1.29, 1.82) is 0 Å². The molecule has 0 spiro atoms. The fourth-order valence-electron chi connectivity index (χ4n) is 3.50. The van der Waals surface area contributed by atoms with E-state index in [-0.39, 0.29) is 31.4 Å². The Bertz CT molecular complexity index is 1100. The molecule has 3 amide bonds. The average molecular weight is 500 g/mol. The predicted octanol–water partition coefficient (Wildman–Crippen LogP) is -0.306. The van der Waals surface area contributed by atoms with Crippen molar-refractivity contribution >= 4 is 47.2 Å². The summed E-state index contributed by atoms with van der Waals surface area (Å²) < 4.78 is 0. The van der Waals surface area contributed by atoms with Crippen molar-refractivity contribution in [1.82, 2.24) is 20.9 Å². The van der Waals surface area contributed by atoms with Crippen molar-refractivity contribution < 1.29 is 33.9 Å². The number of carbonyl (C=O) groups is 6. The average Bonchev–Trinajstić information content (AvgIpc) is 2.87. The highest BCUT2D eigenvalue weighted by Crippen LogP contribution is 2.16. The third kappa shape index (κ3) is 8.24. The first-order chi connectivity index (χ1) is 17.3. The van der Waals surface area contributed by atoms with Crippen molar-refractivity contribution in [3.63, 3.8) is 0 Å². The minimum atomic E-state index is -1.28. The van der Waals surface area contributed by atoms with Crippen LogP contribution in [0.1, 0.15) is 42.5 Å². The summed E-state index contributed by atoms with van der Waals surface area (Å²) >= 11 is 0. The number of pyridine rings is 1. The number of para-hydroxylation sites is 1. The number of carboxylic acids is 1. The van der Waals surface area contributed by atoms with Crippen molar-refractivity contribution in [3.05, 3.63) is 42.1 Å². The molecule has 1 aromatic carbocycles. The first-order valence-corrected chi connectivity index (χ1v) is 11.4. The lowest BCUT2D eigenvalue weighted by Crippen LogP contribution is -2.55. The first kappa shape index (κ1) is 28.1. The van der Waals surface area contributed by atoms with Gasteiger partial charge in [-0.25, -0.2) is 0 Å². The van der Waals surface area contributed by atoms with Crippen molar-refractivity contribution in [2.45, 2.75) is 50.2 Å². The smallest absolute Gasteiger partial charge is 0.305 e. The van der Waals surface area contributed by atoms with Gasteiger partial charge in [0.1, 0.15) is 24.7 Å². The van der Waals surface area contributed by atoms with E-state index < -0.39 is 48.2 Å². The second-order valence-electron chi connectivity index (χ2n) is 7.99. The Labute approximate surface area is 207 Å². The lowest BCUT2D eigenvalue weighted by Gasteiger charge is -2.24. The molecule has 0 saturated heterocycles. The molecule has 36 heavy (non-hydrogen) atoms. The standard InChI is InChI=1S/C24H29N5O7/c25-10-3-7-19(23(35)27-15(14-31)13-21(32)33)29-24(36)20(8-4-12-30)28-22(34)17-9-11-26-18-6-2-1-5-16(17)18/h1-2,5-6,9,11-12,14-15,19-20H,3-4,7-8,10,13,25H2,(H,27,35)(H,28,34)(H,29,36)(H,32,33)/t15-,19-,20?/m0/s1. The topological polar surface area (TPSA) is 198 Å². The summed E-state index contributed by atoms with van der Waals surface area (Å²) in [5.74, 6) is -3.34. The van der Waals surface area contributed by atoms with Gasteiger partial charge >= 0.3 is 5.97 Å². The molecule has 0 aliphatic rings. The van der Waals surface area contributed by atoms with E-state index in [9.17, 15) is 28.8 Å². The SMILES string of the molecule is NCCC[C@H](NC(=O)C(CCC=O)NC(=O)c1ccnc2ccccc12)C(=O)N[C@H](C=O)CC(=O)O. The van der Waals surface area contributed by atoms with Gasteiger partial charge in [0.05, 0.1) is 23.5 Å². The van der Waals surface area contributed by atoms with Gasteiger partial charge < -0.3 is 36.4 Å². The highest BCUT2D eigenvalue weighted by atomic mass is 16.4. The second kappa shape index (κ2) is 14.3. The van der Waals surface area contributed by atoms with E-state index in [0.717, 1.165) is 0 Å². The second-order valence-corrected chi connectivity index (χ2v) is 7.99. The van der Waals surface area contributed by atoms with Crippen LogP contribution in [-0.2, 0) is 24.0 Å². The molecule has 1 heterocycles. The Kier molecular flexibility index (Phi) is 11.1. The zero-order valence-corrected chi connectivity index (χ0v) is 19.5. The molecular weight excluding hydrogens is 470 g/mol. The van der Waals surface area contributed by atoms with Crippen LogP contribution in [0.25, 0.3) is 10.9 Å². The number of amides is 3. The van der Waals surface area contributed by atoms with Gasteiger partial charge in [-0.05, 0) is 37.9 Å². The van der Waals surface area contributed by atoms with Crippen LogP contribution in [0.15, 0.2) is 36.5 Å². The summed E-state index contributed by atoms with van der Waals surface area (Å²) in [7, 11) is 0. The number of nitrogens with zero attached hydrogens (tertiary/aromatic N) is 1. The maximum atomic E-state index is 13.1. The summed E-state index contributed by atoms with van der Waals surface area (Å²) in [6.07, 6.45) is 2.14. The van der Waals surface area contributed by atoms with E-state index in [2.05, 4.69) is 20.9 Å². The molecule has 0 fully saturated rings. The van der Waals surface area contributed by atoms with Crippen molar-refractivity contribution in [2.75, 3.05) is 6.54 Å². The number of carboxylic acid groups (broad SMARTS) is 1. The zero-order valence-electron chi connectivity index (χ0n) is 19.5. The number of hydrogen-bond donors (Lipinski definition) is 5. The molecule has 6 N–H and O–H groups in total. The molecule has 0 aliphatic heterocycles. The molecule has 0 aliphatic carbocycles. The highest BCUT2D eigenvalue weighted by Gasteiger charge is 2.28. The number of rotatable bonds is 15. The maximum absolute atomic E-state index is 13.1. The number of nitrogens with one attached hydrogen (secondary N) is 3. The molecular formula is C24H29N5O7. The number of benzene rings is 1. The van der Waals surface area contributed by atoms with Crippen molar-refractivity contribution in [3.8, 4) is 0 Å². The van der Waals surface area contributed by atoms with Crippen LogP contribution in [0.2, 0.25) is 0 Å². The normalized spacial score (nSPS) is 13.1. The van der Waals surface area contributed by atoms with E-state index >= 15 is 0 Å². The molecule has 12 nitrogen and oxygen atoms in total. The summed E-state index contributed by atoms with van der Waals surface area (Å²) in [4.78, 5) is 76.0. The van der Waals surface area contributed by atoms with Gasteiger partial charge in [0.2, 0.25) is 11.8 Å². The summed E-state index contributed by atoms with van der Waals surface area (Å²) in [5, 5.41) is 16.9. The van der Waals surface area contributed by atoms with Crippen LogP contribution in [-0.4, -0.2) is 71.0 Å². The van der Waals surface area contributed by atoms with Gasteiger partial charge in [0, 0.05) is 18.0 Å². The van der Waals surface area contributed by atoms with E-state index in [1.807, 2.05) is 0 Å².